The van der Waals surface area contributed by atoms with E-state index in [-0.39, 0.29) is 19.1 Å². The lowest BCUT2D eigenvalue weighted by atomic mass is 10.1. The zero-order valence-corrected chi connectivity index (χ0v) is 21.4. The number of aromatic nitrogens is 5. The van der Waals surface area contributed by atoms with Gasteiger partial charge in [-0.25, -0.2) is 15.0 Å². The van der Waals surface area contributed by atoms with Crippen molar-refractivity contribution in [2.45, 2.75) is 6.54 Å². The number of thiazole rings is 1. The van der Waals surface area contributed by atoms with Crippen molar-refractivity contribution in [2.75, 3.05) is 40.4 Å². The van der Waals surface area contributed by atoms with Gasteiger partial charge in [0.25, 0.3) is 5.91 Å². The van der Waals surface area contributed by atoms with Crippen molar-refractivity contribution < 1.29 is 14.6 Å². The summed E-state index contributed by atoms with van der Waals surface area (Å²) in [4.78, 5) is 30.3. The SMILES string of the molecule is CN(C)CCOc1cccc(CN(CCO)C(=O)c2nc3ccc(-c4ncnc5[nH]ncc45)cc3s2)c1. The fourth-order valence-electron chi connectivity index (χ4n) is 3.97. The summed E-state index contributed by atoms with van der Waals surface area (Å²) in [5.41, 5.74) is 3.96. The number of H-pyrrole nitrogens is 1. The average molecular weight is 518 g/mol. The zero-order valence-electron chi connectivity index (χ0n) is 20.6. The smallest absolute Gasteiger partial charge is 0.283 e. The van der Waals surface area contributed by atoms with Gasteiger partial charge < -0.3 is 19.6 Å². The predicted molar refractivity (Wildman–Crippen MR) is 143 cm³/mol. The zero-order chi connectivity index (χ0) is 25.8. The summed E-state index contributed by atoms with van der Waals surface area (Å²) in [7, 11) is 3.99. The average Bonchev–Trinajstić information content (AvgIpc) is 3.55. The summed E-state index contributed by atoms with van der Waals surface area (Å²) in [6, 6.07) is 13.5. The maximum absolute atomic E-state index is 13.4. The van der Waals surface area contributed by atoms with Crippen LogP contribution in [-0.2, 0) is 6.54 Å². The first-order chi connectivity index (χ1) is 18.0. The van der Waals surface area contributed by atoms with Crippen LogP contribution in [0.4, 0.5) is 0 Å². The Kier molecular flexibility index (Phi) is 7.35. The molecule has 0 unspecified atom stereocenters. The number of aliphatic hydroxyl groups is 1. The molecule has 0 atom stereocenters. The van der Waals surface area contributed by atoms with Crippen LogP contribution in [0.25, 0.3) is 32.5 Å². The molecule has 2 N–H and O–H groups in total. The van der Waals surface area contributed by atoms with Gasteiger partial charge in [-0.1, -0.05) is 18.2 Å². The highest BCUT2D eigenvalue weighted by atomic mass is 32.1. The number of rotatable bonds is 10. The largest absolute Gasteiger partial charge is 0.492 e. The lowest BCUT2D eigenvalue weighted by Crippen LogP contribution is -2.33. The number of hydrogen-bond acceptors (Lipinski definition) is 9. The first kappa shape index (κ1) is 24.8. The highest BCUT2D eigenvalue weighted by Crippen LogP contribution is 2.31. The van der Waals surface area contributed by atoms with Gasteiger partial charge in [0.15, 0.2) is 10.7 Å². The standard InChI is InChI=1S/C26H27N7O3S/c1-32(2)9-11-36-19-5-3-4-17(12-19)15-33(8-10-34)26(35)25-30-21-7-6-18(13-22(21)37-25)23-20-14-29-31-24(20)28-16-27-23/h3-7,12-14,16,34H,8-11,15H2,1-2H3,(H,27,28,29,31). The number of aliphatic hydroxyl groups excluding tert-OH is 1. The first-order valence-electron chi connectivity index (χ1n) is 11.8. The van der Waals surface area contributed by atoms with E-state index < -0.39 is 0 Å². The summed E-state index contributed by atoms with van der Waals surface area (Å²) in [5.74, 6) is 0.523. The number of fused-ring (bicyclic) bond motifs is 2. The van der Waals surface area contributed by atoms with Crippen LogP contribution in [-0.4, -0.2) is 86.4 Å². The van der Waals surface area contributed by atoms with Crippen LogP contribution in [0.1, 0.15) is 15.4 Å². The van der Waals surface area contributed by atoms with Crippen LogP contribution in [0.2, 0.25) is 0 Å². The van der Waals surface area contributed by atoms with Crippen LogP contribution in [0.3, 0.4) is 0 Å². The molecule has 0 fully saturated rings. The third kappa shape index (κ3) is 5.58. The molecule has 190 valence electrons. The van der Waals surface area contributed by atoms with Gasteiger partial charge >= 0.3 is 0 Å². The summed E-state index contributed by atoms with van der Waals surface area (Å²) in [5, 5.41) is 17.8. The van der Waals surface area contributed by atoms with E-state index in [9.17, 15) is 9.90 Å². The third-order valence-electron chi connectivity index (χ3n) is 5.83. The second-order valence-corrected chi connectivity index (χ2v) is 9.84. The molecule has 5 aromatic rings. The van der Waals surface area contributed by atoms with Crippen LogP contribution in [0.15, 0.2) is 55.0 Å². The van der Waals surface area contributed by atoms with Crippen LogP contribution in [0.5, 0.6) is 5.75 Å². The Hall–Kier alpha value is -3.93. The Balaban J connectivity index is 1.36. The van der Waals surface area contributed by atoms with Gasteiger partial charge in [0.2, 0.25) is 0 Å². The molecule has 0 saturated heterocycles. The Morgan fingerprint density at radius 1 is 1.14 bits per heavy atom. The number of hydrogen-bond donors (Lipinski definition) is 2. The first-order valence-corrected chi connectivity index (χ1v) is 12.6. The van der Waals surface area contributed by atoms with Gasteiger partial charge in [-0.3, -0.25) is 9.89 Å². The minimum Gasteiger partial charge on any atom is -0.492 e. The van der Waals surface area contributed by atoms with Crippen LogP contribution < -0.4 is 4.74 Å². The van der Waals surface area contributed by atoms with E-state index in [1.807, 2.05) is 56.6 Å². The third-order valence-corrected chi connectivity index (χ3v) is 6.84. The predicted octanol–water partition coefficient (Wildman–Crippen LogP) is 3.20. The molecule has 0 aliphatic carbocycles. The minimum atomic E-state index is -0.227. The van der Waals surface area contributed by atoms with E-state index in [1.165, 1.54) is 17.7 Å². The van der Waals surface area contributed by atoms with Crippen molar-refractivity contribution >= 4 is 38.5 Å². The molecule has 10 nitrogen and oxygen atoms in total. The summed E-state index contributed by atoms with van der Waals surface area (Å²) < 4.78 is 6.71. The summed E-state index contributed by atoms with van der Waals surface area (Å²) in [6.07, 6.45) is 3.20. The van der Waals surface area contributed by atoms with Crippen molar-refractivity contribution in [2.24, 2.45) is 0 Å². The van der Waals surface area contributed by atoms with Gasteiger partial charge in [0, 0.05) is 25.2 Å². The fourth-order valence-corrected chi connectivity index (χ4v) is 4.94. The number of nitrogens with one attached hydrogen (secondary N) is 1. The molecule has 0 radical (unpaired) electrons. The molecule has 3 heterocycles. The Bertz CT molecular complexity index is 1530. The molecule has 1 amide bonds. The van der Waals surface area contributed by atoms with E-state index in [0.29, 0.717) is 23.8 Å². The molecule has 0 saturated carbocycles. The van der Waals surface area contributed by atoms with E-state index in [0.717, 1.165) is 44.7 Å². The molecule has 5 rings (SSSR count). The lowest BCUT2D eigenvalue weighted by Gasteiger charge is -2.21. The number of likely N-dealkylation sites (N-methyl/N-ethyl adjacent to an activating group) is 1. The van der Waals surface area contributed by atoms with E-state index in [4.69, 9.17) is 4.74 Å². The van der Waals surface area contributed by atoms with Crippen LogP contribution >= 0.6 is 11.3 Å². The molecule has 0 bridgehead atoms. The van der Waals surface area contributed by atoms with Crippen LogP contribution in [0, 0.1) is 0 Å². The topological polar surface area (TPSA) is 120 Å². The molecular weight excluding hydrogens is 490 g/mol. The molecule has 2 aromatic carbocycles. The number of carbonyl (C=O) groups is 1. The minimum absolute atomic E-state index is 0.145. The molecule has 0 aliphatic heterocycles. The van der Waals surface area contributed by atoms with E-state index in [2.05, 4.69) is 30.0 Å². The Morgan fingerprint density at radius 3 is 2.86 bits per heavy atom. The normalized spacial score (nSPS) is 11.5. The van der Waals surface area contributed by atoms with Gasteiger partial charge in [-0.05, 0) is 43.9 Å². The van der Waals surface area contributed by atoms with Crippen molar-refractivity contribution in [1.29, 1.82) is 0 Å². The molecular formula is C26H27N7O3S. The Labute approximate surface area is 217 Å². The lowest BCUT2D eigenvalue weighted by molar-refractivity contribution is 0.0707. The molecule has 3 aromatic heterocycles. The monoisotopic (exact) mass is 517 g/mol. The van der Waals surface area contributed by atoms with Gasteiger partial charge in [-0.2, -0.15) is 5.10 Å². The summed E-state index contributed by atoms with van der Waals surface area (Å²) in [6.45, 7) is 1.78. The van der Waals surface area contributed by atoms with Gasteiger partial charge in [-0.15, -0.1) is 11.3 Å². The maximum atomic E-state index is 13.4. The number of aromatic amines is 1. The quantitative estimate of drug-likeness (QED) is 0.290. The second kappa shape index (κ2) is 11.0. The number of benzene rings is 2. The molecule has 37 heavy (non-hydrogen) atoms. The molecule has 0 aliphatic rings. The van der Waals surface area contributed by atoms with Crippen molar-refractivity contribution in [3.63, 3.8) is 0 Å². The second-order valence-electron chi connectivity index (χ2n) is 8.81. The molecule has 0 spiro atoms. The fraction of sp³-hybridized carbons (Fsp3) is 0.269. The van der Waals surface area contributed by atoms with Crippen molar-refractivity contribution in [3.8, 4) is 17.0 Å². The number of amides is 1. The Morgan fingerprint density at radius 2 is 2.03 bits per heavy atom. The van der Waals surface area contributed by atoms with Gasteiger partial charge in [0.1, 0.15) is 18.7 Å². The van der Waals surface area contributed by atoms with E-state index in [1.54, 1.807) is 11.1 Å². The molecule has 11 heteroatoms. The highest BCUT2D eigenvalue weighted by molar-refractivity contribution is 7.20. The van der Waals surface area contributed by atoms with E-state index >= 15 is 0 Å². The maximum Gasteiger partial charge on any atom is 0.283 e. The number of carbonyl (C=O) groups excluding carboxylic acids is 1. The highest BCUT2D eigenvalue weighted by Gasteiger charge is 2.21. The number of nitrogens with zero attached hydrogens (tertiary/aromatic N) is 6. The van der Waals surface area contributed by atoms with Gasteiger partial charge in [0.05, 0.1) is 34.1 Å². The number of ether oxygens (including phenoxy) is 1. The van der Waals surface area contributed by atoms with Crippen molar-refractivity contribution in [3.05, 3.63) is 65.6 Å². The summed E-state index contributed by atoms with van der Waals surface area (Å²) >= 11 is 1.32. The van der Waals surface area contributed by atoms with Crippen molar-refractivity contribution in [1.82, 2.24) is 34.9 Å².